The van der Waals surface area contributed by atoms with Gasteiger partial charge in [-0.25, -0.2) is 0 Å². The molecule has 0 aliphatic rings. The molecule has 0 amide bonds. The number of halogens is 1. The second-order valence-corrected chi connectivity index (χ2v) is 4.00. The number of nitrogens with zero attached hydrogens (tertiary/aromatic N) is 1. The van der Waals surface area contributed by atoms with E-state index < -0.39 is 0 Å². The largest absolute Gasteiger partial charge is 0.277 e. The van der Waals surface area contributed by atoms with Crippen LogP contribution in [-0.2, 0) is 0 Å². The van der Waals surface area contributed by atoms with Gasteiger partial charge in [-0.1, -0.05) is 48.0 Å². The summed E-state index contributed by atoms with van der Waals surface area (Å²) in [6.07, 6.45) is 0. The summed E-state index contributed by atoms with van der Waals surface area (Å²) in [7, 11) is 0. The number of fused-ring (bicyclic) bond motifs is 1. The van der Waals surface area contributed by atoms with E-state index >= 15 is 0 Å². The third kappa shape index (κ3) is 1.39. The van der Waals surface area contributed by atoms with E-state index in [9.17, 15) is 0 Å². The van der Waals surface area contributed by atoms with Crippen LogP contribution in [0.4, 0.5) is 0 Å². The molecule has 78 valence electrons. The maximum atomic E-state index is 6.16. The summed E-state index contributed by atoms with van der Waals surface area (Å²) in [5.74, 6) is 0. The smallest absolute Gasteiger partial charge is 0.101 e. The van der Waals surface area contributed by atoms with Crippen molar-refractivity contribution in [1.82, 2.24) is 10.2 Å². The zero-order valence-corrected chi connectivity index (χ0v) is 9.20. The summed E-state index contributed by atoms with van der Waals surface area (Å²) in [5, 5.41) is 9.14. The first kappa shape index (κ1) is 9.43. The molecular weight excluding hydrogens is 220 g/mol. The first-order valence-corrected chi connectivity index (χ1v) is 5.42. The van der Waals surface area contributed by atoms with Gasteiger partial charge in [-0.05, 0) is 12.1 Å². The Kier molecular flexibility index (Phi) is 2.15. The summed E-state index contributed by atoms with van der Waals surface area (Å²) in [4.78, 5) is 0. The highest BCUT2D eigenvalue weighted by Crippen LogP contribution is 2.31. The molecule has 3 rings (SSSR count). The number of hydrogen-bond donors (Lipinski definition) is 1. The number of nitrogens with one attached hydrogen (secondary N) is 1. The third-order valence-electron chi connectivity index (χ3n) is 2.60. The Bertz CT molecular complexity index is 643. The van der Waals surface area contributed by atoms with E-state index in [1.165, 1.54) is 0 Å². The number of H-pyrrole nitrogens is 1. The van der Waals surface area contributed by atoms with Gasteiger partial charge in [0.25, 0.3) is 0 Å². The van der Waals surface area contributed by atoms with Crippen LogP contribution in [0.25, 0.3) is 22.2 Å². The van der Waals surface area contributed by atoms with Gasteiger partial charge in [0.1, 0.15) is 5.69 Å². The summed E-state index contributed by atoms with van der Waals surface area (Å²) < 4.78 is 0. The van der Waals surface area contributed by atoms with Crippen molar-refractivity contribution < 1.29 is 0 Å². The highest BCUT2D eigenvalue weighted by atomic mass is 35.5. The Morgan fingerprint density at radius 3 is 2.56 bits per heavy atom. The molecule has 16 heavy (non-hydrogen) atoms. The fourth-order valence-electron chi connectivity index (χ4n) is 1.82. The van der Waals surface area contributed by atoms with Crippen molar-refractivity contribution in [2.45, 2.75) is 0 Å². The predicted molar refractivity (Wildman–Crippen MR) is 66.5 cm³/mol. The zero-order valence-electron chi connectivity index (χ0n) is 8.44. The van der Waals surface area contributed by atoms with E-state index in [1.807, 2.05) is 48.5 Å². The van der Waals surface area contributed by atoms with Gasteiger partial charge in [-0.3, -0.25) is 5.10 Å². The molecule has 0 saturated heterocycles. The van der Waals surface area contributed by atoms with Crippen LogP contribution in [0, 0.1) is 0 Å². The van der Waals surface area contributed by atoms with Crippen molar-refractivity contribution >= 4 is 22.5 Å². The molecular formula is C13H9ClN2. The molecule has 1 aromatic heterocycles. The second kappa shape index (κ2) is 3.65. The Balaban J connectivity index is 2.31. The average Bonchev–Trinajstić information content (AvgIpc) is 2.74. The Morgan fingerprint density at radius 2 is 1.69 bits per heavy atom. The minimum Gasteiger partial charge on any atom is -0.277 e. The molecule has 0 radical (unpaired) electrons. The molecule has 0 aliphatic carbocycles. The number of rotatable bonds is 1. The fraction of sp³-hybridized carbons (Fsp3) is 0. The highest BCUT2D eigenvalue weighted by Gasteiger charge is 2.09. The lowest BCUT2D eigenvalue weighted by Crippen LogP contribution is -1.79. The van der Waals surface area contributed by atoms with Crippen LogP contribution in [0.5, 0.6) is 0 Å². The van der Waals surface area contributed by atoms with Gasteiger partial charge in [-0.2, -0.15) is 5.10 Å². The van der Waals surface area contributed by atoms with E-state index in [4.69, 9.17) is 11.6 Å². The molecule has 2 aromatic carbocycles. The van der Waals surface area contributed by atoms with E-state index in [0.717, 1.165) is 27.2 Å². The molecule has 0 saturated carbocycles. The zero-order chi connectivity index (χ0) is 11.0. The van der Waals surface area contributed by atoms with Crippen molar-refractivity contribution in [3.8, 4) is 11.3 Å². The lowest BCUT2D eigenvalue weighted by atomic mass is 10.1. The average molecular weight is 229 g/mol. The Hall–Kier alpha value is -1.80. The van der Waals surface area contributed by atoms with Crippen molar-refractivity contribution in [3.63, 3.8) is 0 Å². The standard InChI is InChI=1S/C13H9ClN2/c14-11-7-3-1-5-9(11)13-10-6-2-4-8-12(10)15-16-13/h1-8H,(H,15,16). The molecule has 3 heteroatoms. The van der Waals surface area contributed by atoms with E-state index in [1.54, 1.807) is 0 Å². The summed E-state index contributed by atoms with van der Waals surface area (Å²) >= 11 is 6.16. The summed E-state index contributed by atoms with van der Waals surface area (Å²) in [6.45, 7) is 0. The minimum absolute atomic E-state index is 0.722. The molecule has 3 aromatic rings. The molecule has 1 N–H and O–H groups in total. The maximum Gasteiger partial charge on any atom is 0.101 e. The SMILES string of the molecule is Clc1ccccc1-c1n[nH]c2ccccc12. The third-order valence-corrected chi connectivity index (χ3v) is 2.93. The van der Waals surface area contributed by atoms with Crippen molar-refractivity contribution in [2.75, 3.05) is 0 Å². The lowest BCUT2D eigenvalue weighted by molar-refractivity contribution is 1.12. The summed E-state index contributed by atoms with van der Waals surface area (Å²) in [5.41, 5.74) is 2.89. The number of aromatic amines is 1. The first-order chi connectivity index (χ1) is 7.86. The monoisotopic (exact) mass is 228 g/mol. The summed E-state index contributed by atoms with van der Waals surface area (Å²) in [6, 6.07) is 15.8. The normalized spacial score (nSPS) is 10.8. The van der Waals surface area contributed by atoms with Crippen LogP contribution in [0.3, 0.4) is 0 Å². The Labute approximate surface area is 97.9 Å². The highest BCUT2D eigenvalue weighted by molar-refractivity contribution is 6.33. The Morgan fingerprint density at radius 1 is 0.938 bits per heavy atom. The van der Waals surface area contributed by atoms with Crippen LogP contribution < -0.4 is 0 Å². The van der Waals surface area contributed by atoms with Crippen LogP contribution in [-0.4, -0.2) is 10.2 Å². The molecule has 0 fully saturated rings. The maximum absolute atomic E-state index is 6.16. The lowest BCUT2D eigenvalue weighted by Gasteiger charge is -2.00. The van der Waals surface area contributed by atoms with Gasteiger partial charge in [0.05, 0.1) is 10.5 Å². The molecule has 0 aliphatic heterocycles. The number of para-hydroxylation sites is 1. The van der Waals surface area contributed by atoms with E-state index in [2.05, 4.69) is 10.2 Å². The minimum atomic E-state index is 0.722. The van der Waals surface area contributed by atoms with Crippen LogP contribution >= 0.6 is 11.6 Å². The number of aromatic nitrogens is 2. The van der Waals surface area contributed by atoms with Crippen molar-refractivity contribution in [2.24, 2.45) is 0 Å². The van der Waals surface area contributed by atoms with Crippen LogP contribution in [0.15, 0.2) is 48.5 Å². The van der Waals surface area contributed by atoms with Gasteiger partial charge in [0.15, 0.2) is 0 Å². The van der Waals surface area contributed by atoms with E-state index in [-0.39, 0.29) is 0 Å². The molecule has 1 heterocycles. The number of hydrogen-bond acceptors (Lipinski definition) is 1. The number of benzene rings is 2. The topological polar surface area (TPSA) is 28.7 Å². The predicted octanol–water partition coefficient (Wildman–Crippen LogP) is 3.88. The van der Waals surface area contributed by atoms with Crippen molar-refractivity contribution in [1.29, 1.82) is 0 Å². The molecule has 0 unspecified atom stereocenters. The molecule has 0 atom stereocenters. The van der Waals surface area contributed by atoms with Gasteiger partial charge in [0, 0.05) is 10.9 Å². The molecule has 0 spiro atoms. The molecule has 2 nitrogen and oxygen atoms in total. The van der Waals surface area contributed by atoms with Crippen molar-refractivity contribution in [3.05, 3.63) is 53.6 Å². The quantitative estimate of drug-likeness (QED) is 0.673. The van der Waals surface area contributed by atoms with E-state index in [0.29, 0.717) is 0 Å². The first-order valence-electron chi connectivity index (χ1n) is 5.04. The van der Waals surface area contributed by atoms with Crippen LogP contribution in [0.1, 0.15) is 0 Å². The van der Waals surface area contributed by atoms with Gasteiger partial charge in [-0.15, -0.1) is 0 Å². The van der Waals surface area contributed by atoms with Gasteiger partial charge in [0.2, 0.25) is 0 Å². The fourth-order valence-corrected chi connectivity index (χ4v) is 2.05. The second-order valence-electron chi connectivity index (χ2n) is 3.60. The van der Waals surface area contributed by atoms with Gasteiger partial charge >= 0.3 is 0 Å². The van der Waals surface area contributed by atoms with Crippen LogP contribution in [0.2, 0.25) is 5.02 Å². The molecule has 0 bridgehead atoms. The van der Waals surface area contributed by atoms with Gasteiger partial charge < -0.3 is 0 Å².